The normalized spacial score (nSPS) is 18.3. The van der Waals surface area contributed by atoms with E-state index in [1.807, 2.05) is 11.0 Å². The molecular formula is C16H17F3N2O2. The molecule has 1 aromatic carbocycles. The van der Waals surface area contributed by atoms with Crippen LogP contribution in [0, 0.1) is 5.82 Å². The van der Waals surface area contributed by atoms with Crippen LogP contribution in [0.25, 0.3) is 10.9 Å². The molecule has 1 saturated heterocycles. The Morgan fingerprint density at radius 3 is 2.91 bits per heavy atom. The molecule has 7 heteroatoms. The summed E-state index contributed by atoms with van der Waals surface area (Å²) in [5.74, 6) is -0.361. The third-order valence-electron chi connectivity index (χ3n) is 3.88. The van der Waals surface area contributed by atoms with Gasteiger partial charge in [0.25, 0.3) is 0 Å². The number of benzene rings is 1. The first-order valence-electron chi connectivity index (χ1n) is 7.33. The molecule has 0 radical (unpaired) electrons. The molecule has 1 fully saturated rings. The number of alkyl halides is 2. The van der Waals surface area contributed by atoms with Gasteiger partial charge >= 0.3 is 6.61 Å². The molecule has 1 aliphatic heterocycles. The van der Waals surface area contributed by atoms with Crippen LogP contribution in [0.15, 0.2) is 24.3 Å². The summed E-state index contributed by atoms with van der Waals surface area (Å²) in [6.45, 7) is -1.55. The molecule has 2 aromatic rings. The molecule has 1 aliphatic rings. The van der Waals surface area contributed by atoms with E-state index in [9.17, 15) is 13.2 Å². The Morgan fingerprint density at radius 2 is 2.17 bits per heavy atom. The minimum Gasteiger partial charge on any atom is -0.378 e. The minimum absolute atomic E-state index is 0.325. The number of rotatable bonds is 5. The maximum atomic E-state index is 13.6. The predicted molar refractivity (Wildman–Crippen MR) is 80.1 cm³/mol. The smallest absolute Gasteiger partial charge is 0.345 e. The second-order valence-electron chi connectivity index (χ2n) is 5.48. The van der Waals surface area contributed by atoms with Crippen molar-refractivity contribution >= 4 is 16.6 Å². The highest BCUT2D eigenvalue weighted by Crippen LogP contribution is 2.31. The van der Waals surface area contributed by atoms with E-state index in [0.717, 1.165) is 5.69 Å². The molecule has 4 nitrogen and oxygen atoms in total. The van der Waals surface area contributed by atoms with Crippen molar-refractivity contribution in [2.75, 3.05) is 25.1 Å². The zero-order valence-corrected chi connectivity index (χ0v) is 12.6. The van der Waals surface area contributed by atoms with Crippen LogP contribution in [0.1, 0.15) is 12.1 Å². The van der Waals surface area contributed by atoms with E-state index in [1.165, 1.54) is 12.1 Å². The number of nitrogens with zero attached hydrogens (tertiary/aromatic N) is 2. The lowest BCUT2D eigenvalue weighted by Crippen LogP contribution is -2.24. The number of hydrogen-bond donors (Lipinski definition) is 0. The largest absolute Gasteiger partial charge is 0.378 e. The molecule has 1 aromatic heterocycles. The molecule has 0 unspecified atom stereocenters. The van der Waals surface area contributed by atoms with Gasteiger partial charge < -0.3 is 14.4 Å². The van der Waals surface area contributed by atoms with Crippen LogP contribution in [0.2, 0.25) is 0 Å². The van der Waals surface area contributed by atoms with E-state index >= 15 is 0 Å². The van der Waals surface area contributed by atoms with E-state index in [-0.39, 0.29) is 5.82 Å². The first-order chi connectivity index (χ1) is 11.1. The van der Waals surface area contributed by atoms with Crippen molar-refractivity contribution in [2.24, 2.45) is 0 Å². The number of anilines is 1. The van der Waals surface area contributed by atoms with E-state index < -0.39 is 12.7 Å². The predicted octanol–water partition coefficient (Wildman–Crippen LogP) is 3.34. The Hall–Kier alpha value is -1.86. The molecule has 124 valence electrons. The van der Waals surface area contributed by atoms with Gasteiger partial charge in [0.1, 0.15) is 5.82 Å². The summed E-state index contributed by atoms with van der Waals surface area (Å²) in [6, 6.07) is 6.19. The highest BCUT2D eigenvalue weighted by Gasteiger charge is 2.27. The van der Waals surface area contributed by atoms with Gasteiger partial charge in [-0.3, -0.25) is 4.98 Å². The lowest BCUT2D eigenvalue weighted by molar-refractivity contribution is -0.156. The topological polar surface area (TPSA) is 34.6 Å². The third-order valence-corrected chi connectivity index (χ3v) is 3.88. The van der Waals surface area contributed by atoms with Crippen LogP contribution < -0.4 is 4.90 Å². The van der Waals surface area contributed by atoms with Gasteiger partial charge in [-0.2, -0.15) is 8.78 Å². The number of fused-ring (bicyclic) bond motifs is 1. The first kappa shape index (κ1) is 16.0. The van der Waals surface area contributed by atoms with E-state index in [2.05, 4.69) is 9.72 Å². The number of hydrogen-bond acceptors (Lipinski definition) is 4. The molecule has 1 atom stereocenters. The summed E-state index contributed by atoms with van der Waals surface area (Å²) in [7, 11) is 1.57. The summed E-state index contributed by atoms with van der Waals surface area (Å²) in [4.78, 5) is 6.36. The SMILES string of the molecule is COCc1cc(N2CC[C@H](OC(F)F)C2)c2cc(F)ccc2n1. The first-order valence-corrected chi connectivity index (χ1v) is 7.33. The molecule has 0 aliphatic carbocycles. The van der Waals surface area contributed by atoms with Gasteiger partial charge in [0.05, 0.1) is 23.9 Å². The fraction of sp³-hybridized carbons (Fsp3) is 0.438. The summed E-state index contributed by atoms with van der Waals surface area (Å²) in [5.41, 5.74) is 2.12. The van der Waals surface area contributed by atoms with E-state index in [4.69, 9.17) is 4.74 Å². The van der Waals surface area contributed by atoms with Crippen molar-refractivity contribution in [1.82, 2.24) is 4.98 Å². The van der Waals surface area contributed by atoms with Gasteiger partial charge in [0.15, 0.2) is 0 Å². The number of methoxy groups -OCH3 is 1. The van der Waals surface area contributed by atoms with Gasteiger partial charge in [-0.15, -0.1) is 0 Å². The molecule has 0 spiro atoms. The number of pyridine rings is 1. The molecule has 0 amide bonds. The molecule has 0 bridgehead atoms. The van der Waals surface area contributed by atoms with Crippen LogP contribution in [0.3, 0.4) is 0 Å². The van der Waals surface area contributed by atoms with Crippen LogP contribution in [0.5, 0.6) is 0 Å². The second-order valence-corrected chi connectivity index (χ2v) is 5.48. The van der Waals surface area contributed by atoms with Crippen LogP contribution in [-0.4, -0.2) is 37.9 Å². The van der Waals surface area contributed by atoms with Crippen molar-refractivity contribution in [3.63, 3.8) is 0 Å². The Balaban J connectivity index is 1.96. The average Bonchev–Trinajstić information content (AvgIpc) is 2.94. The van der Waals surface area contributed by atoms with Gasteiger partial charge in [-0.05, 0) is 30.7 Å². The lowest BCUT2D eigenvalue weighted by atomic mass is 10.1. The molecule has 0 N–H and O–H groups in total. The zero-order valence-electron chi connectivity index (χ0n) is 12.6. The Labute approximate surface area is 131 Å². The Morgan fingerprint density at radius 1 is 1.35 bits per heavy atom. The molecular weight excluding hydrogens is 309 g/mol. The van der Waals surface area contributed by atoms with E-state index in [0.29, 0.717) is 42.7 Å². The van der Waals surface area contributed by atoms with Crippen molar-refractivity contribution in [2.45, 2.75) is 25.7 Å². The molecule has 23 heavy (non-hydrogen) atoms. The number of aromatic nitrogens is 1. The number of halogens is 3. The monoisotopic (exact) mass is 326 g/mol. The van der Waals surface area contributed by atoms with Gasteiger partial charge in [-0.25, -0.2) is 4.39 Å². The molecule has 0 saturated carbocycles. The van der Waals surface area contributed by atoms with Crippen molar-refractivity contribution < 1.29 is 22.6 Å². The van der Waals surface area contributed by atoms with Crippen molar-refractivity contribution in [1.29, 1.82) is 0 Å². The van der Waals surface area contributed by atoms with Crippen LogP contribution in [0.4, 0.5) is 18.9 Å². The van der Waals surface area contributed by atoms with Crippen molar-refractivity contribution in [3.05, 3.63) is 35.8 Å². The molecule has 2 heterocycles. The van der Waals surface area contributed by atoms with Crippen LogP contribution >= 0.6 is 0 Å². The summed E-state index contributed by atoms with van der Waals surface area (Å²) in [6.07, 6.45) is -0.0269. The highest BCUT2D eigenvalue weighted by molar-refractivity contribution is 5.92. The fourth-order valence-electron chi connectivity index (χ4n) is 2.92. The average molecular weight is 326 g/mol. The maximum absolute atomic E-state index is 13.6. The maximum Gasteiger partial charge on any atom is 0.345 e. The minimum atomic E-state index is -2.78. The van der Waals surface area contributed by atoms with Gasteiger partial charge in [0, 0.05) is 31.3 Å². The van der Waals surface area contributed by atoms with E-state index in [1.54, 1.807) is 13.2 Å². The lowest BCUT2D eigenvalue weighted by Gasteiger charge is -2.21. The quantitative estimate of drug-likeness (QED) is 0.844. The number of ether oxygens (including phenoxy) is 2. The fourth-order valence-corrected chi connectivity index (χ4v) is 2.92. The van der Waals surface area contributed by atoms with Crippen molar-refractivity contribution in [3.8, 4) is 0 Å². The summed E-state index contributed by atoms with van der Waals surface area (Å²) >= 11 is 0. The summed E-state index contributed by atoms with van der Waals surface area (Å²) < 4.78 is 48.0. The second kappa shape index (κ2) is 6.72. The molecule has 3 rings (SSSR count). The van der Waals surface area contributed by atoms with Gasteiger partial charge in [0.2, 0.25) is 0 Å². The standard InChI is InChI=1S/C16H17F3N2O2/c1-22-9-11-7-15(13-6-10(17)2-3-14(13)20-11)21-5-4-12(8-21)23-16(18)19/h2-3,6-7,12,16H,4-5,8-9H2,1H3/t12-/m0/s1. The Kier molecular flexibility index (Phi) is 4.68. The third kappa shape index (κ3) is 3.56. The summed E-state index contributed by atoms with van der Waals surface area (Å²) in [5, 5.41) is 0.655. The van der Waals surface area contributed by atoms with Gasteiger partial charge in [-0.1, -0.05) is 0 Å². The Bertz CT molecular complexity index is 696. The zero-order chi connectivity index (χ0) is 16.4. The highest BCUT2D eigenvalue weighted by atomic mass is 19.3. The van der Waals surface area contributed by atoms with Crippen LogP contribution in [-0.2, 0) is 16.1 Å².